The number of hydrogen-bond acceptors (Lipinski definition) is 2. The third-order valence-electron chi connectivity index (χ3n) is 4.18. The molecule has 18 heavy (non-hydrogen) atoms. The van der Waals surface area contributed by atoms with Crippen LogP contribution in [0.3, 0.4) is 0 Å². The van der Waals surface area contributed by atoms with E-state index in [9.17, 15) is 0 Å². The second kappa shape index (κ2) is 4.58. The van der Waals surface area contributed by atoms with Crippen LogP contribution in [0.1, 0.15) is 31.2 Å². The lowest BCUT2D eigenvalue weighted by molar-refractivity contribution is 0.450. The molecule has 1 heterocycles. The highest BCUT2D eigenvalue weighted by Gasteiger charge is 2.36. The van der Waals surface area contributed by atoms with Crippen molar-refractivity contribution in [3.8, 4) is 5.69 Å². The van der Waals surface area contributed by atoms with Crippen LogP contribution >= 0.6 is 0 Å². The quantitative estimate of drug-likeness (QED) is 0.897. The largest absolute Gasteiger partial charge is 0.330 e. The Morgan fingerprint density at radius 3 is 2.61 bits per heavy atom. The number of nitrogens with two attached hydrogens (primary N) is 1. The van der Waals surface area contributed by atoms with Crippen molar-refractivity contribution in [3.63, 3.8) is 0 Å². The van der Waals surface area contributed by atoms with Gasteiger partial charge in [0.2, 0.25) is 0 Å². The summed E-state index contributed by atoms with van der Waals surface area (Å²) in [7, 11) is 0. The van der Waals surface area contributed by atoms with Crippen molar-refractivity contribution in [2.75, 3.05) is 6.54 Å². The molecule has 1 aliphatic rings. The molecule has 2 N–H and O–H groups in total. The van der Waals surface area contributed by atoms with E-state index in [1.807, 2.05) is 23.1 Å². The first kappa shape index (κ1) is 11.5. The summed E-state index contributed by atoms with van der Waals surface area (Å²) in [5.74, 6) is 0. The van der Waals surface area contributed by atoms with E-state index >= 15 is 0 Å². The molecule has 0 aliphatic heterocycles. The average Bonchev–Trinajstić information content (AvgIpc) is 3.11. The molecule has 0 saturated heterocycles. The third-order valence-corrected chi connectivity index (χ3v) is 4.18. The Morgan fingerprint density at radius 1 is 1.17 bits per heavy atom. The minimum atomic E-state index is 0.155. The van der Waals surface area contributed by atoms with Crippen molar-refractivity contribution in [1.82, 2.24) is 9.78 Å². The van der Waals surface area contributed by atoms with Gasteiger partial charge in [0, 0.05) is 24.4 Å². The lowest BCUT2D eigenvalue weighted by Crippen LogP contribution is -2.33. The molecule has 0 radical (unpaired) electrons. The zero-order chi connectivity index (χ0) is 12.4. The highest BCUT2D eigenvalue weighted by atomic mass is 15.3. The first-order chi connectivity index (χ1) is 8.86. The van der Waals surface area contributed by atoms with E-state index in [0.717, 1.165) is 6.54 Å². The minimum absolute atomic E-state index is 0.155. The van der Waals surface area contributed by atoms with E-state index in [4.69, 9.17) is 5.73 Å². The number of para-hydroxylation sites is 1. The SMILES string of the molecule is NCC1(c2ccccc2-n2cccn2)CCCC1. The third kappa shape index (κ3) is 1.75. The monoisotopic (exact) mass is 241 g/mol. The Balaban J connectivity index is 2.12. The molecule has 2 aromatic rings. The Labute approximate surface area is 108 Å². The summed E-state index contributed by atoms with van der Waals surface area (Å²) in [6, 6.07) is 10.5. The highest BCUT2D eigenvalue weighted by molar-refractivity contribution is 5.46. The topological polar surface area (TPSA) is 43.8 Å². The van der Waals surface area contributed by atoms with E-state index < -0.39 is 0 Å². The molecule has 1 aromatic heterocycles. The van der Waals surface area contributed by atoms with Gasteiger partial charge >= 0.3 is 0 Å². The molecule has 1 saturated carbocycles. The fourth-order valence-electron chi connectivity index (χ4n) is 3.17. The second-order valence-corrected chi connectivity index (χ2v) is 5.16. The van der Waals surface area contributed by atoms with Crippen molar-refractivity contribution in [1.29, 1.82) is 0 Å². The molecule has 3 nitrogen and oxygen atoms in total. The van der Waals surface area contributed by atoms with Gasteiger partial charge in [-0.15, -0.1) is 0 Å². The number of hydrogen-bond donors (Lipinski definition) is 1. The van der Waals surface area contributed by atoms with Crippen molar-refractivity contribution in [2.45, 2.75) is 31.1 Å². The second-order valence-electron chi connectivity index (χ2n) is 5.16. The van der Waals surface area contributed by atoms with E-state index in [2.05, 4.69) is 29.4 Å². The normalized spacial score (nSPS) is 18.1. The molecule has 1 aliphatic carbocycles. The minimum Gasteiger partial charge on any atom is -0.330 e. The van der Waals surface area contributed by atoms with Crippen LogP contribution in [-0.4, -0.2) is 16.3 Å². The molecule has 0 unspecified atom stereocenters. The van der Waals surface area contributed by atoms with Gasteiger partial charge in [-0.2, -0.15) is 5.10 Å². The Kier molecular flexibility index (Phi) is 2.92. The van der Waals surface area contributed by atoms with Crippen molar-refractivity contribution < 1.29 is 0 Å². The summed E-state index contributed by atoms with van der Waals surface area (Å²) >= 11 is 0. The van der Waals surface area contributed by atoms with Gasteiger partial charge in [-0.3, -0.25) is 0 Å². The molecule has 0 atom stereocenters. The maximum Gasteiger partial charge on any atom is 0.0683 e. The van der Waals surface area contributed by atoms with Gasteiger partial charge in [0.1, 0.15) is 0 Å². The molecule has 0 spiro atoms. The predicted molar refractivity (Wildman–Crippen MR) is 72.8 cm³/mol. The number of nitrogens with zero attached hydrogens (tertiary/aromatic N) is 2. The number of rotatable bonds is 3. The zero-order valence-corrected chi connectivity index (χ0v) is 10.5. The number of aromatic nitrogens is 2. The number of benzene rings is 1. The first-order valence-electron chi connectivity index (χ1n) is 6.65. The van der Waals surface area contributed by atoms with Crippen molar-refractivity contribution in [3.05, 3.63) is 48.3 Å². The summed E-state index contributed by atoms with van der Waals surface area (Å²) in [5.41, 5.74) is 8.78. The molecule has 1 aromatic carbocycles. The Morgan fingerprint density at radius 2 is 1.94 bits per heavy atom. The van der Waals surface area contributed by atoms with Crippen LogP contribution in [-0.2, 0) is 5.41 Å². The van der Waals surface area contributed by atoms with Crippen LogP contribution in [0.5, 0.6) is 0 Å². The summed E-state index contributed by atoms with van der Waals surface area (Å²) < 4.78 is 1.95. The molecule has 3 heteroatoms. The Bertz CT molecular complexity index is 510. The van der Waals surface area contributed by atoms with Gasteiger partial charge in [0.25, 0.3) is 0 Å². The van der Waals surface area contributed by atoms with E-state index in [1.54, 1.807) is 0 Å². The molecular weight excluding hydrogens is 222 g/mol. The fourth-order valence-corrected chi connectivity index (χ4v) is 3.17. The summed E-state index contributed by atoms with van der Waals surface area (Å²) in [4.78, 5) is 0. The summed E-state index contributed by atoms with van der Waals surface area (Å²) in [6.45, 7) is 0.727. The fraction of sp³-hybridized carbons (Fsp3) is 0.400. The highest BCUT2D eigenvalue weighted by Crippen LogP contribution is 2.42. The van der Waals surface area contributed by atoms with Gasteiger partial charge in [0.05, 0.1) is 5.69 Å². The van der Waals surface area contributed by atoms with Crippen LogP contribution < -0.4 is 5.73 Å². The lowest BCUT2D eigenvalue weighted by Gasteiger charge is -2.30. The zero-order valence-electron chi connectivity index (χ0n) is 10.5. The predicted octanol–water partition coefficient (Wildman–Crippen LogP) is 2.64. The lowest BCUT2D eigenvalue weighted by atomic mass is 9.78. The van der Waals surface area contributed by atoms with Crippen LogP contribution in [0, 0.1) is 0 Å². The van der Waals surface area contributed by atoms with E-state index in [-0.39, 0.29) is 5.41 Å². The molecular formula is C15H19N3. The molecule has 0 bridgehead atoms. The molecule has 3 rings (SSSR count). The van der Waals surface area contributed by atoms with Gasteiger partial charge < -0.3 is 5.73 Å². The van der Waals surface area contributed by atoms with Crippen LogP contribution in [0.4, 0.5) is 0 Å². The van der Waals surface area contributed by atoms with E-state index in [0.29, 0.717) is 0 Å². The Hall–Kier alpha value is -1.61. The smallest absolute Gasteiger partial charge is 0.0683 e. The summed E-state index contributed by atoms with van der Waals surface area (Å²) in [5, 5.41) is 4.36. The van der Waals surface area contributed by atoms with Crippen LogP contribution in [0.25, 0.3) is 5.69 Å². The standard InChI is InChI=1S/C15H19N3/c16-12-15(8-3-4-9-15)13-6-1-2-7-14(13)18-11-5-10-17-18/h1-2,5-7,10-11H,3-4,8-9,12,16H2. The van der Waals surface area contributed by atoms with Crippen molar-refractivity contribution >= 4 is 0 Å². The maximum atomic E-state index is 6.09. The maximum absolute atomic E-state index is 6.09. The van der Waals surface area contributed by atoms with Gasteiger partial charge in [-0.1, -0.05) is 31.0 Å². The molecule has 94 valence electrons. The first-order valence-corrected chi connectivity index (χ1v) is 6.65. The van der Waals surface area contributed by atoms with Crippen molar-refractivity contribution in [2.24, 2.45) is 5.73 Å². The van der Waals surface area contributed by atoms with E-state index in [1.165, 1.54) is 36.9 Å². The van der Waals surface area contributed by atoms with Gasteiger partial charge in [-0.05, 0) is 30.5 Å². The van der Waals surface area contributed by atoms with Gasteiger partial charge in [-0.25, -0.2) is 4.68 Å². The summed E-state index contributed by atoms with van der Waals surface area (Å²) in [6.07, 6.45) is 8.78. The average molecular weight is 241 g/mol. The van der Waals surface area contributed by atoms with Crippen LogP contribution in [0.15, 0.2) is 42.7 Å². The molecule has 0 amide bonds. The van der Waals surface area contributed by atoms with Gasteiger partial charge in [0.15, 0.2) is 0 Å². The van der Waals surface area contributed by atoms with Crippen LogP contribution in [0.2, 0.25) is 0 Å². The molecule has 1 fully saturated rings.